The second-order valence-electron chi connectivity index (χ2n) is 4.80. The van der Waals surface area contributed by atoms with Gasteiger partial charge >= 0.3 is 0 Å². The number of hydrogen-bond donors (Lipinski definition) is 1. The zero-order chi connectivity index (χ0) is 16.4. The lowest BCUT2D eigenvalue weighted by atomic mass is 10.1. The summed E-state index contributed by atoms with van der Waals surface area (Å²) in [6, 6.07) is 6.17. The minimum absolute atomic E-state index is 0.0153. The number of aryl methyl sites for hydroxylation is 1. The second kappa shape index (κ2) is 6.18. The fourth-order valence-corrected chi connectivity index (χ4v) is 2.34. The minimum atomic E-state index is -0.515. The summed E-state index contributed by atoms with van der Waals surface area (Å²) in [5.74, 6) is 0.366. The summed E-state index contributed by atoms with van der Waals surface area (Å²) < 4.78 is 19.1. The van der Waals surface area contributed by atoms with Crippen molar-refractivity contribution in [2.75, 3.05) is 0 Å². The molecule has 23 heavy (non-hydrogen) atoms. The van der Waals surface area contributed by atoms with Gasteiger partial charge in [0.15, 0.2) is 11.4 Å². The van der Waals surface area contributed by atoms with Crippen LogP contribution in [0.1, 0.15) is 24.8 Å². The molecule has 1 N–H and O–H groups in total. The Morgan fingerprint density at radius 3 is 2.87 bits per heavy atom. The van der Waals surface area contributed by atoms with Gasteiger partial charge in [0, 0.05) is 12.0 Å². The molecule has 0 amide bonds. The molecule has 6 nitrogen and oxygen atoms in total. The van der Waals surface area contributed by atoms with Crippen molar-refractivity contribution in [3.8, 4) is 28.9 Å². The van der Waals surface area contributed by atoms with Crippen molar-refractivity contribution in [3.63, 3.8) is 0 Å². The van der Waals surface area contributed by atoms with Crippen LogP contribution in [0.5, 0.6) is 0 Å². The highest BCUT2D eigenvalue weighted by atomic mass is 35.5. The van der Waals surface area contributed by atoms with Crippen LogP contribution in [0.3, 0.4) is 0 Å². The predicted octanol–water partition coefficient (Wildman–Crippen LogP) is 3.74. The van der Waals surface area contributed by atoms with E-state index >= 15 is 0 Å². The summed E-state index contributed by atoms with van der Waals surface area (Å²) in [7, 11) is 0. The van der Waals surface area contributed by atoms with Crippen LogP contribution in [0.4, 0.5) is 4.39 Å². The molecule has 0 saturated carbocycles. The molecule has 3 rings (SSSR count). The van der Waals surface area contributed by atoms with E-state index in [9.17, 15) is 4.39 Å². The first kappa shape index (κ1) is 15.2. The van der Waals surface area contributed by atoms with Crippen molar-refractivity contribution in [1.29, 1.82) is 5.26 Å². The van der Waals surface area contributed by atoms with E-state index in [1.165, 1.54) is 18.2 Å². The molecule has 0 saturated heterocycles. The highest BCUT2D eigenvalue weighted by Crippen LogP contribution is 2.31. The van der Waals surface area contributed by atoms with E-state index < -0.39 is 5.82 Å². The smallest absolute Gasteiger partial charge is 0.226 e. The number of nitriles is 1. The zero-order valence-corrected chi connectivity index (χ0v) is 12.9. The van der Waals surface area contributed by atoms with Gasteiger partial charge in [0.25, 0.3) is 0 Å². The molecule has 0 atom stereocenters. The first-order chi connectivity index (χ1) is 11.1. The lowest BCUT2D eigenvalue weighted by Gasteiger charge is -1.97. The fourth-order valence-electron chi connectivity index (χ4n) is 2.16. The molecule has 2 heterocycles. The van der Waals surface area contributed by atoms with Crippen molar-refractivity contribution in [3.05, 3.63) is 40.5 Å². The Balaban J connectivity index is 2.12. The number of oxazole rings is 1. The average Bonchev–Trinajstić information content (AvgIpc) is 3.16. The lowest BCUT2D eigenvalue weighted by molar-refractivity contribution is 0.515. The summed E-state index contributed by atoms with van der Waals surface area (Å²) in [6.07, 6.45) is 1.44. The van der Waals surface area contributed by atoms with E-state index in [1.807, 2.05) is 13.0 Å². The summed E-state index contributed by atoms with van der Waals surface area (Å²) in [5.41, 5.74) is 1.47. The average molecular weight is 332 g/mol. The van der Waals surface area contributed by atoms with Gasteiger partial charge in [-0.05, 0) is 24.6 Å². The monoisotopic (exact) mass is 331 g/mol. The van der Waals surface area contributed by atoms with Crippen LogP contribution in [0.15, 0.2) is 22.6 Å². The predicted molar refractivity (Wildman–Crippen MR) is 81.0 cm³/mol. The maximum atomic E-state index is 13.3. The van der Waals surface area contributed by atoms with Gasteiger partial charge in [-0.2, -0.15) is 15.6 Å². The number of nitrogens with one attached hydrogen (secondary N) is 1. The summed E-state index contributed by atoms with van der Waals surface area (Å²) in [6.45, 7) is 1.99. The molecule has 116 valence electrons. The van der Waals surface area contributed by atoms with E-state index in [4.69, 9.17) is 21.3 Å². The number of benzene rings is 1. The van der Waals surface area contributed by atoms with Crippen LogP contribution in [-0.4, -0.2) is 20.4 Å². The topological polar surface area (TPSA) is 91.4 Å². The van der Waals surface area contributed by atoms with Crippen LogP contribution < -0.4 is 0 Å². The molecule has 0 bridgehead atoms. The summed E-state index contributed by atoms with van der Waals surface area (Å²) in [5, 5.41) is 19.2. The van der Waals surface area contributed by atoms with E-state index in [2.05, 4.69) is 20.4 Å². The van der Waals surface area contributed by atoms with Crippen LogP contribution >= 0.6 is 11.6 Å². The molecule has 0 aliphatic rings. The summed E-state index contributed by atoms with van der Waals surface area (Å²) in [4.78, 5) is 4.40. The van der Waals surface area contributed by atoms with Gasteiger partial charge in [0.2, 0.25) is 5.89 Å². The summed E-state index contributed by atoms with van der Waals surface area (Å²) >= 11 is 5.80. The maximum absolute atomic E-state index is 13.3. The lowest BCUT2D eigenvalue weighted by Crippen LogP contribution is -1.89. The Morgan fingerprint density at radius 1 is 1.35 bits per heavy atom. The molecular formula is C15H11ClFN5O. The third kappa shape index (κ3) is 2.81. The Kier molecular flexibility index (Phi) is 4.08. The van der Waals surface area contributed by atoms with Crippen molar-refractivity contribution in [1.82, 2.24) is 20.4 Å². The van der Waals surface area contributed by atoms with Crippen LogP contribution in [0.2, 0.25) is 5.02 Å². The number of nitrogens with zero attached hydrogens (tertiary/aromatic N) is 4. The minimum Gasteiger partial charge on any atom is -0.440 e. The fraction of sp³-hybridized carbons (Fsp3) is 0.200. The Morgan fingerprint density at radius 2 is 2.17 bits per heavy atom. The standard InChI is InChI=1S/C15H11ClFN5O/c1-2-3-12-14(13-11(7-18)20-22-21-13)19-15(23-12)8-4-5-10(17)9(16)6-8/h4-6H,2-3H2,1H3,(H,20,21,22). The molecule has 0 aliphatic heterocycles. The van der Waals surface area contributed by atoms with Gasteiger partial charge in [0.1, 0.15) is 23.3 Å². The van der Waals surface area contributed by atoms with Gasteiger partial charge < -0.3 is 4.42 Å². The first-order valence-electron chi connectivity index (χ1n) is 6.90. The number of aromatic amines is 1. The van der Waals surface area contributed by atoms with Gasteiger partial charge in [-0.15, -0.1) is 5.10 Å². The van der Waals surface area contributed by atoms with Crippen LogP contribution in [0.25, 0.3) is 22.8 Å². The van der Waals surface area contributed by atoms with E-state index in [1.54, 1.807) is 0 Å². The van der Waals surface area contributed by atoms with Gasteiger partial charge in [-0.1, -0.05) is 18.5 Å². The highest BCUT2D eigenvalue weighted by Gasteiger charge is 2.21. The van der Waals surface area contributed by atoms with Crippen molar-refractivity contribution < 1.29 is 8.81 Å². The largest absolute Gasteiger partial charge is 0.440 e. The molecule has 2 aromatic heterocycles. The zero-order valence-electron chi connectivity index (χ0n) is 12.1. The third-order valence-corrected chi connectivity index (χ3v) is 3.51. The normalized spacial score (nSPS) is 10.7. The molecule has 8 heteroatoms. The molecule has 0 spiro atoms. The Labute approximate surface area is 135 Å². The number of hydrogen-bond acceptors (Lipinski definition) is 5. The molecule has 0 aliphatic carbocycles. The highest BCUT2D eigenvalue weighted by molar-refractivity contribution is 6.31. The number of halogens is 2. The van der Waals surface area contributed by atoms with Gasteiger partial charge in [-0.25, -0.2) is 9.37 Å². The van der Waals surface area contributed by atoms with Gasteiger partial charge in [0.05, 0.1) is 5.02 Å². The van der Waals surface area contributed by atoms with Crippen molar-refractivity contribution in [2.45, 2.75) is 19.8 Å². The molecule has 0 radical (unpaired) electrons. The van der Waals surface area contributed by atoms with Gasteiger partial charge in [-0.3, -0.25) is 0 Å². The van der Waals surface area contributed by atoms with Crippen molar-refractivity contribution >= 4 is 11.6 Å². The van der Waals surface area contributed by atoms with E-state index in [0.717, 1.165) is 6.42 Å². The number of rotatable bonds is 4. The van der Waals surface area contributed by atoms with Crippen LogP contribution in [-0.2, 0) is 6.42 Å². The molecule has 3 aromatic rings. The Hall–Kier alpha value is -2.72. The quantitative estimate of drug-likeness (QED) is 0.786. The molecular weight excluding hydrogens is 321 g/mol. The molecule has 0 unspecified atom stereocenters. The number of H-pyrrole nitrogens is 1. The van der Waals surface area contributed by atoms with E-state index in [0.29, 0.717) is 29.1 Å². The number of aromatic nitrogens is 4. The first-order valence-corrected chi connectivity index (χ1v) is 7.28. The Bertz CT molecular complexity index is 896. The van der Waals surface area contributed by atoms with Crippen molar-refractivity contribution in [2.24, 2.45) is 0 Å². The SMILES string of the molecule is CCCc1oc(-c2ccc(F)c(Cl)c2)nc1-c1n[nH]nc1C#N. The molecule has 0 fully saturated rings. The van der Waals surface area contributed by atoms with E-state index in [-0.39, 0.29) is 16.6 Å². The second-order valence-corrected chi connectivity index (χ2v) is 5.21. The molecule has 1 aromatic carbocycles. The maximum Gasteiger partial charge on any atom is 0.226 e. The van der Waals surface area contributed by atoms with Crippen LogP contribution in [0, 0.1) is 17.1 Å². The third-order valence-electron chi connectivity index (χ3n) is 3.22.